The van der Waals surface area contributed by atoms with Crippen LogP contribution in [-0.4, -0.2) is 34.7 Å². The molecule has 0 aromatic heterocycles. The third kappa shape index (κ3) is 4.52. The van der Waals surface area contributed by atoms with E-state index >= 15 is 0 Å². The Morgan fingerprint density at radius 2 is 1.79 bits per heavy atom. The first-order chi connectivity index (χ1) is 13.5. The van der Waals surface area contributed by atoms with E-state index in [9.17, 15) is 14.4 Å². The van der Waals surface area contributed by atoms with Crippen LogP contribution in [0.25, 0.3) is 0 Å². The van der Waals surface area contributed by atoms with Crippen LogP contribution in [0.3, 0.4) is 0 Å². The number of anilines is 1. The van der Waals surface area contributed by atoms with Crippen LogP contribution in [0.1, 0.15) is 17.3 Å². The van der Waals surface area contributed by atoms with Crippen molar-refractivity contribution in [1.82, 2.24) is 10.9 Å². The number of hydrogen-bond acceptors (Lipinski definition) is 5. The van der Waals surface area contributed by atoms with Crippen molar-refractivity contribution in [2.45, 2.75) is 12.2 Å². The molecule has 0 spiro atoms. The summed E-state index contributed by atoms with van der Waals surface area (Å²) in [4.78, 5) is 42.2. The summed E-state index contributed by atoms with van der Waals surface area (Å²) in [7, 11) is 0. The Morgan fingerprint density at radius 1 is 1.11 bits per heavy atom. The van der Waals surface area contributed by atoms with E-state index in [2.05, 4.69) is 15.8 Å². The van der Waals surface area contributed by atoms with Gasteiger partial charge in [0.25, 0.3) is 17.7 Å². The number of hydrazine groups is 1. The van der Waals surface area contributed by atoms with Gasteiger partial charge < -0.3 is 0 Å². The highest BCUT2D eigenvalue weighted by Crippen LogP contribution is 2.31. The van der Waals surface area contributed by atoms with Gasteiger partial charge in [0, 0.05) is 5.56 Å². The van der Waals surface area contributed by atoms with E-state index in [-0.39, 0.29) is 12.5 Å². The van der Waals surface area contributed by atoms with Gasteiger partial charge in [0.05, 0.1) is 16.0 Å². The van der Waals surface area contributed by atoms with Crippen LogP contribution in [0.15, 0.2) is 59.6 Å². The van der Waals surface area contributed by atoms with Crippen LogP contribution in [0.4, 0.5) is 5.69 Å². The molecule has 1 aliphatic heterocycles. The van der Waals surface area contributed by atoms with Crippen molar-refractivity contribution in [2.75, 3.05) is 11.4 Å². The second kappa shape index (κ2) is 8.90. The average Bonchev–Trinajstić information content (AvgIpc) is 3.06. The second-order valence-electron chi connectivity index (χ2n) is 5.85. The molecule has 28 heavy (non-hydrogen) atoms. The van der Waals surface area contributed by atoms with Crippen LogP contribution >= 0.6 is 23.4 Å². The van der Waals surface area contributed by atoms with Crippen molar-refractivity contribution in [1.29, 1.82) is 0 Å². The van der Waals surface area contributed by atoms with Crippen LogP contribution < -0.4 is 15.8 Å². The molecule has 9 heteroatoms. The van der Waals surface area contributed by atoms with Gasteiger partial charge in [-0.2, -0.15) is 0 Å². The summed E-state index contributed by atoms with van der Waals surface area (Å²) in [5.74, 6) is -1.06. The Bertz CT molecular complexity index is 936. The zero-order chi connectivity index (χ0) is 20.1. The van der Waals surface area contributed by atoms with Crippen LogP contribution in [0.2, 0.25) is 5.02 Å². The standard InChI is InChI=1S/C19H17ClN4O3S/c1-12(17(26)22-23-18(27)13-7-3-2-4-8-13)28-19-21-11-16(25)24(19)15-10-6-5-9-14(15)20/h2-10,12H,11H2,1H3,(H,22,26)(H,23,27)/t12-/m0/s1. The Labute approximate surface area is 171 Å². The fourth-order valence-electron chi connectivity index (χ4n) is 2.44. The minimum absolute atomic E-state index is 0.00730. The third-order valence-electron chi connectivity index (χ3n) is 3.87. The van der Waals surface area contributed by atoms with Gasteiger partial charge in [-0.1, -0.05) is 53.7 Å². The molecule has 0 aliphatic carbocycles. The predicted molar refractivity (Wildman–Crippen MR) is 110 cm³/mol. The Hall–Kier alpha value is -2.84. The van der Waals surface area contributed by atoms with Gasteiger partial charge >= 0.3 is 0 Å². The summed E-state index contributed by atoms with van der Waals surface area (Å²) < 4.78 is 0. The third-order valence-corrected chi connectivity index (χ3v) is 5.28. The summed E-state index contributed by atoms with van der Waals surface area (Å²) in [5.41, 5.74) is 5.71. The smallest absolute Gasteiger partial charge is 0.269 e. The van der Waals surface area contributed by atoms with Gasteiger partial charge in [-0.25, -0.2) is 0 Å². The van der Waals surface area contributed by atoms with E-state index in [4.69, 9.17) is 11.6 Å². The van der Waals surface area contributed by atoms with Crippen LogP contribution in [-0.2, 0) is 9.59 Å². The largest absolute Gasteiger partial charge is 0.272 e. The number of amides is 3. The fourth-order valence-corrected chi connectivity index (χ4v) is 3.58. The quantitative estimate of drug-likeness (QED) is 0.749. The van der Waals surface area contributed by atoms with E-state index in [1.165, 1.54) is 4.90 Å². The lowest BCUT2D eigenvalue weighted by Gasteiger charge is -2.21. The lowest BCUT2D eigenvalue weighted by atomic mass is 10.2. The van der Waals surface area contributed by atoms with Gasteiger partial charge in [0.15, 0.2) is 5.17 Å². The number of aliphatic imine (C=N–C) groups is 1. The van der Waals surface area contributed by atoms with Crippen molar-refractivity contribution >= 4 is 51.9 Å². The number of halogens is 1. The first-order valence-electron chi connectivity index (χ1n) is 8.41. The molecule has 0 unspecified atom stereocenters. The molecular formula is C19H17ClN4O3S. The van der Waals surface area contributed by atoms with Gasteiger partial charge in [-0.15, -0.1) is 0 Å². The number of rotatable bonds is 4. The molecule has 3 amide bonds. The van der Waals surface area contributed by atoms with Crippen molar-refractivity contribution in [3.63, 3.8) is 0 Å². The molecule has 0 fully saturated rings. The summed E-state index contributed by atoms with van der Waals surface area (Å²) in [6.45, 7) is 1.65. The van der Waals surface area contributed by atoms with Gasteiger partial charge in [-0.05, 0) is 31.2 Å². The highest BCUT2D eigenvalue weighted by Gasteiger charge is 2.31. The molecule has 1 atom stereocenters. The van der Waals surface area contributed by atoms with Crippen molar-refractivity contribution in [2.24, 2.45) is 4.99 Å². The van der Waals surface area contributed by atoms with Crippen LogP contribution in [0, 0.1) is 0 Å². The zero-order valence-electron chi connectivity index (χ0n) is 14.9. The van der Waals surface area contributed by atoms with Crippen molar-refractivity contribution < 1.29 is 14.4 Å². The minimum Gasteiger partial charge on any atom is -0.272 e. The Balaban J connectivity index is 1.61. The molecule has 0 saturated carbocycles. The highest BCUT2D eigenvalue weighted by molar-refractivity contribution is 8.15. The number of carbonyl (C=O) groups is 3. The molecule has 2 aromatic rings. The molecule has 1 aliphatic rings. The van der Waals surface area contributed by atoms with E-state index in [0.717, 1.165) is 11.8 Å². The van der Waals surface area contributed by atoms with Crippen molar-refractivity contribution in [3.05, 3.63) is 65.2 Å². The number of carbonyl (C=O) groups excluding carboxylic acids is 3. The number of nitrogens with zero attached hydrogens (tertiary/aromatic N) is 2. The molecule has 0 radical (unpaired) electrons. The number of nitrogens with one attached hydrogen (secondary N) is 2. The van der Waals surface area contributed by atoms with Gasteiger partial charge in [0.1, 0.15) is 6.54 Å². The molecule has 1 heterocycles. The van der Waals surface area contributed by atoms with Gasteiger partial charge in [-0.3, -0.25) is 35.1 Å². The second-order valence-corrected chi connectivity index (χ2v) is 7.56. The molecule has 0 saturated heterocycles. The SMILES string of the molecule is C[C@H](SC1=NCC(=O)N1c1ccccc1Cl)C(=O)NNC(=O)c1ccccc1. The Morgan fingerprint density at radius 3 is 2.50 bits per heavy atom. The summed E-state index contributed by atoms with van der Waals surface area (Å²) in [5, 5.41) is 0.194. The fraction of sp³-hybridized carbons (Fsp3) is 0.158. The summed E-state index contributed by atoms with van der Waals surface area (Å²) >= 11 is 7.30. The highest BCUT2D eigenvalue weighted by atomic mass is 35.5. The lowest BCUT2D eigenvalue weighted by Crippen LogP contribution is -2.45. The predicted octanol–water partition coefficient (Wildman–Crippen LogP) is 2.63. The molecule has 0 bridgehead atoms. The normalized spacial score (nSPS) is 14.4. The topological polar surface area (TPSA) is 90.9 Å². The number of hydrogen-bond donors (Lipinski definition) is 2. The maximum absolute atomic E-state index is 12.3. The molecule has 7 nitrogen and oxygen atoms in total. The average molecular weight is 417 g/mol. The monoisotopic (exact) mass is 416 g/mol. The van der Waals surface area contributed by atoms with E-state index in [1.807, 2.05) is 0 Å². The number of thioether (sulfide) groups is 1. The Kier molecular flexibility index (Phi) is 6.33. The first kappa shape index (κ1) is 19.9. The first-order valence-corrected chi connectivity index (χ1v) is 9.67. The summed E-state index contributed by atoms with van der Waals surface area (Å²) in [6.07, 6.45) is 0. The molecule has 2 N–H and O–H groups in total. The molecule has 144 valence electrons. The minimum atomic E-state index is -0.606. The maximum atomic E-state index is 12.3. The van der Waals surface area contributed by atoms with Crippen molar-refractivity contribution in [3.8, 4) is 0 Å². The molecule has 3 rings (SSSR count). The molecule has 2 aromatic carbocycles. The van der Waals surface area contributed by atoms with E-state index in [0.29, 0.717) is 21.4 Å². The number of amidine groups is 1. The zero-order valence-corrected chi connectivity index (χ0v) is 16.5. The van der Waals surface area contributed by atoms with E-state index < -0.39 is 17.1 Å². The number of para-hydroxylation sites is 1. The number of benzene rings is 2. The molecular weight excluding hydrogens is 400 g/mol. The summed E-state index contributed by atoms with van der Waals surface area (Å²) in [6, 6.07) is 15.5. The van der Waals surface area contributed by atoms with E-state index in [1.54, 1.807) is 61.5 Å². The van der Waals surface area contributed by atoms with Gasteiger partial charge in [0.2, 0.25) is 0 Å². The maximum Gasteiger partial charge on any atom is 0.269 e. The lowest BCUT2D eigenvalue weighted by molar-refractivity contribution is -0.121. The van der Waals surface area contributed by atoms with Crippen LogP contribution in [0.5, 0.6) is 0 Å².